The molecule has 23 heavy (non-hydrogen) atoms. The normalized spacial score (nSPS) is 15.3. The molecule has 4 heteroatoms. The van der Waals surface area contributed by atoms with Crippen molar-refractivity contribution < 1.29 is 5.11 Å². The minimum absolute atomic E-state index is 0.151. The van der Waals surface area contributed by atoms with Crippen LogP contribution in [-0.2, 0) is 5.41 Å². The maximum Gasteiger partial charge on any atom is 0.139 e. The SMILES string of the molecule is CCC1(CC)CN(c2ccccc2N)c2c(O)ccc(C#N)c21. The molecule has 0 saturated carbocycles. The molecule has 0 aliphatic carbocycles. The highest BCUT2D eigenvalue weighted by atomic mass is 16.3. The standard InChI is InChI=1S/C19H21N3O/c1-3-19(4-2)12-22(15-8-6-5-7-14(15)21)18-16(23)10-9-13(11-20)17(18)19/h5-10,23H,3-4,12,21H2,1-2H3. The Morgan fingerprint density at radius 2 is 1.91 bits per heavy atom. The summed E-state index contributed by atoms with van der Waals surface area (Å²) in [5.41, 5.74) is 9.87. The van der Waals surface area contributed by atoms with Crippen molar-refractivity contribution in [1.29, 1.82) is 5.26 Å². The summed E-state index contributed by atoms with van der Waals surface area (Å²) < 4.78 is 0. The molecule has 3 rings (SSSR count). The van der Waals surface area contributed by atoms with E-state index < -0.39 is 0 Å². The van der Waals surface area contributed by atoms with Crippen LogP contribution in [0.15, 0.2) is 36.4 Å². The van der Waals surface area contributed by atoms with E-state index in [1.54, 1.807) is 12.1 Å². The van der Waals surface area contributed by atoms with E-state index in [0.29, 0.717) is 11.3 Å². The Balaban J connectivity index is 2.31. The molecular formula is C19H21N3O. The van der Waals surface area contributed by atoms with E-state index in [0.717, 1.165) is 36.3 Å². The number of nitrogens with zero attached hydrogens (tertiary/aromatic N) is 2. The van der Waals surface area contributed by atoms with Crippen LogP contribution in [-0.4, -0.2) is 11.7 Å². The lowest BCUT2D eigenvalue weighted by atomic mass is 9.75. The summed E-state index contributed by atoms with van der Waals surface area (Å²) >= 11 is 0. The first kappa shape index (κ1) is 15.2. The second-order valence-corrected chi connectivity index (χ2v) is 6.10. The van der Waals surface area contributed by atoms with Gasteiger partial charge in [0.2, 0.25) is 0 Å². The van der Waals surface area contributed by atoms with Crippen LogP contribution < -0.4 is 10.6 Å². The largest absolute Gasteiger partial charge is 0.506 e. The summed E-state index contributed by atoms with van der Waals surface area (Å²) in [5, 5.41) is 20.1. The van der Waals surface area contributed by atoms with E-state index in [1.165, 1.54) is 0 Å². The third kappa shape index (κ3) is 2.12. The van der Waals surface area contributed by atoms with Crippen LogP contribution >= 0.6 is 0 Å². The first-order valence-electron chi connectivity index (χ1n) is 7.96. The highest BCUT2D eigenvalue weighted by Gasteiger charge is 2.44. The zero-order valence-corrected chi connectivity index (χ0v) is 13.5. The van der Waals surface area contributed by atoms with Crippen LogP contribution in [0, 0.1) is 11.3 Å². The number of nitriles is 1. The van der Waals surface area contributed by atoms with Crippen LogP contribution in [0.2, 0.25) is 0 Å². The van der Waals surface area contributed by atoms with Crippen molar-refractivity contribution in [1.82, 2.24) is 0 Å². The lowest BCUT2D eigenvalue weighted by molar-refractivity contribution is 0.427. The molecule has 0 saturated heterocycles. The van der Waals surface area contributed by atoms with Crippen molar-refractivity contribution >= 4 is 17.1 Å². The molecule has 118 valence electrons. The minimum atomic E-state index is -0.151. The quantitative estimate of drug-likeness (QED) is 0.839. The number of hydrogen-bond acceptors (Lipinski definition) is 4. The zero-order valence-electron chi connectivity index (χ0n) is 13.5. The molecule has 0 bridgehead atoms. The molecule has 0 spiro atoms. The Hall–Kier alpha value is -2.67. The van der Waals surface area contributed by atoms with Gasteiger partial charge in [-0.1, -0.05) is 26.0 Å². The third-order valence-corrected chi connectivity index (χ3v) is 5.12. The fourth-order valence-electron chi connectivity index (χ4n) is 3.71. The Morgan fingerprint density at radius 3 is 2.52 bits per heavy atom. The van der Waals surface area contributed by atoms with Crippen LogP contribution in [0.25, 0.3) is 0 Å². The average molecular weight is 307 g/mol. The first-order valence-corrected chi connectivity index (χ1v) is 7.96. The molecule has 1 aliphatic rings. The first-order chi connectivity index (χ1) is 11.1. The Bertz CT molecular complexity index is 788. The molecule has 0 fully saturated rings. The molecule has 0 atom stereocenters. The summed E-state index contributed by atoms with van der Waals surface area (Å²) in [5.74, 6) is 0.200. The van der Waals surface area contributed by atoms with E-state index in [2.05, 4.69) is 24.8 Å². The fraction of sp³-hybridized carbons (Fsp3) is 0.316. The Kier molecular flexibility index (Phi) is 3.65. The van der Waals surface area contributed by atoms with Gasteiger partial charge in [0.15, 0.2) is 0 Å². The maximum atomic E-state index is 10.5. The van der Waals surface area contributed by atoms with Crippen LogP contribution in [0.4, 0.5) is 17.1 Å². The molecule has 4 nitrogen and oxygen atoms in total. The van der Waals surface area contributed by atoms with Gasteiger partial charge >= 0.3 is 0 Å². The summed E-state index contributed by atoms with van der Waals surface area (Å²) in [6.07, 6.45) is 1.80. The number of phenols is 1. The lowest BCUT2D eigenvalue weighted by Crippen LogP contribution is -2.31. The van der Waals surface area contributed by atoms with Gasteiger partial charge in [0, 0.05) is 17.5 Å². The van der Waals surface area contributed by atoms with Gasteiger partial charge in [-0.2, -0.15) is 5.26 Å². The number of rotatable bonds is 3. The number of hydrogen-bond donors (Lipinski definition) is 2. The minimum Gasteiger partial charge on any atom is -0.506 e. The second kappa shape index (κ2) is 5.51. The number of fused-ring (bicyclic) bond motifs is 1. The topological polar surface area (TPSA) is 73.3 Å². The highest BCUT2D eigenvalue weighted by molar-refractivity contribution is 5.84. The van der Waals surface area contributed by atoms with Gasteiger partial charge in [-0.05, 0) is 37.1 Å². The van der Waals surface area contributed by atoms with Crippen LogP contribution in [0.1, 0.15) is 37.8 Å². The van der Waals surface area contributed by atoms with Crippen LogP contribution in [0.5, 0.6) is 5.75 Å². The number of nitrogens with two attached hydrogens (primary N) is 1. The molecule has 3 N–H and O–H groups in total. The molecule has 0 radical (unpaired) electrons. The average Bonchev–Trinajstić information content (AvgIpc) is 2.92. The molecule has 0 unspecified atom stereocenters. The van der Waals surface area contributed by atoms with E-state index in [4.69, 9.17) is 5.73 Å². The van der Waals surface area contributed by atoms with Crippen molar-refractivity contribution in [2.24, 2.45) is 0 Å². The third-order valence-electron chi connectivity index (χ3n) is 5.12. The van der Waals surface area contributed by atoms with Gasteiger partial charge in [0.05, 0.1) is 28.7 Å². The Morgan fingerprint density at radius 1 is 1.22 bits per heavy atom. The molecule has 0 amide bonds. The molecule has 2 aromatic carbocycles. The van der Waals surface area contributed by atoms with Gasteiger partial charge < -0.3 is 15.7 Å². The fourth-order valence-corrected chi connectivity index (χ4v) is 3.71. The predicted molar refractivity (Wildman–Crippen MR) is 92.9 cm³/mol. The summed E-state index contributed by atoms with van der Waals surface area (Å²) in [4.78, 5) is 2.06. The summed E-state index contributed by atoms with van der Waals surface area (Å²) in [6, 6.07) is 13.3. The van der Waals surface area contributed by atoms with E-state index >= 15 is 0 Å². The van der Waals surface area contributed by atoms with E-state index in [1.807, 2.05) is 24.3 Å². The van der Waals surface area contributed by atoms with Gasteiger partial charge in [-0.25, -0.2) is 0 Å². The van der Waals surface area contributed by atoms with E-state index in [9.17, 15) is 10.4 Å². The van der Waals surface area contributed by atoms with Crippen molar-refractivity contribution in [3.8, 4) is 11.8 Å². The van der Waals surface area contributed by atoms with Crippen molar-refractivity contribution in [3.05, 3.63) is 47.5 Å². The number of benzene rings is 2. The predicted octanol–water partition coefficient (Wildman–Crippen LogP) is 4.06. The number of nitrogen functional groups attached to an aromatic ring is 1. The lowest BCUT2D eigenvalue weighted by Gasteiger charge is -2.29. The molecule has 0 aromatic heterocycles. The van der Waals surface area contributed by atoms with Crippen molar-refractivity contribution in [2.75, 3.05) is 17.2 Å². The Labute approximate surface area is 136 Å². The number of aromatic hydroxyl groups is 1. The van der Waals surface area contributed by atoms with Gasteiger partial charge in [-0.15, -0.1) is 0 Å². The maximum absolute atomic E-state index is 10.5. The van der Waals surface area contributed by atoms with Crippen LogP contribution in [0.3, 0.4) is 0 Å². The highest BCUT2D eigenvalue weighted by Crippen LogP contribution is 2.53. The van der Waals surface area contributed by atoms with E-state index in [-0.39, 0.29) is 11.2 Å². The number of anilines is 3. The monoisotopic (exact) mass is 307 g/mol. The molecule has 1 heterocycles. The smallest absolute Gasteiger partial charge is 0.139 e. The molecule has 1 aliphatic heterocycles. The number of para-hydroxylation sites is 2. The number of phenolic OH excluding ortho intramolecular Hbond substituents is 1. The van der Waals surface area contributed by atoms with Gasteiger partial charge in [0.1, 0.15) is 5.75 Å². The van der Waals surface area contributed by atoms with Gasteiger partial charge in [-0.3, -0.25) is 0 Å². The second-order valence-electron chi connectivity index (χ2n) is 6.10. The zero-order chi connectivity index (χ0) is 16.6. The molecular weight excluding hydrogens is 286 g/mol. The summed E-state index contributed by atoms with van der Waals surface area (Å²) in [7, 11) is 0. The van der Waals surface area contributed by atoms with Gasteiger partial charge in [0.25, 0.3) is 0 Å². The molecule has 2 aromatic rings. The van der Waals surface area contributed by atoms with Crippen molar-refractivity contribution in [2.45, 2.75) is 32.1 Å². The van der Waals surface area contributed by atoms with Crippen molar-refractivity contribution in [3.63, 3.8) is 0 Å². The summed E-state index contributed by atoms with van der Waals surface area (Å²) in [6.45, 7) is 4.99.